The van der Waals surface area contributed by atoms with Crippen LogP contribution in [0.1, 0.15) is 22.8 Å². The number of aromatic nitrogens is 1. The summed E-state index contributed by atoms with van der Waals surface area (Å²) in [6.07, 6.45) is 3.17. The van der Waals surface area contributed by atoms with E-state index in [1.165, 1.54) is 0 Å². The zero-order chi connectivity index (χ0) is 12.4. The Hall–Kier alpha value is -1.68. The molecule has 1 aromatic heterocycles. The van der Waals surface area contributed by atoms with E-state index < -0.39 is 0 Å². The van der Waals surface area contributed by atoms with Crippen molar-refractivity contribution in [1.29, 1.82) is 0 Å². The number of para-hydroxylation sites is 1. The van der Waals surface area contributed by atoms with Crippen LogP contribution in [-0.4, -0.2) is 17.3 Å². The van der Waals surface area contributed by atoms with Gasteiger partial charge in [-0.25, -0.2) is 0 Å². The van der Waals surface area contributed by atoms with Gasteiger partial charge >= 0.3 is 0 Å². The molecule has 0 bridgehead atoms. The van der Waals surface area contributed by atoms with Crippen LogP contribution in [0.2, 0.25) is 0 Å². The molecule has 2 aromatic rings. The van der Waals surface area contributed by atoms with E-state index in [1.807, 2.05) is 18.2 Å². The zero-order valence-electron chi connectivity index (χ0n) is 9.93. The topological polar surface area (TPSA) is 42.0 Å². The summed E-state index contributed by atoms with van der Waals surface area (Å²) in [5, 5.41) is 3.34. The number of Topliss-reactive ketones (excluding diaryl/α,β-unsaturated/α-hetero) is 1. The first-order chi connectivity index (χ1) is 8.84. The molecule has 0 amide bonds. The molecule has 92 valence electrons. The Morgan fingerprint density at radius 3 is 3.17 bits per heavy atom. The molecular weight excluding hydrogens is 244 g/mol. The number of rotatable bonds is 3. The summed E-state index contributed by atoms with van der Waals surface area (Å²) >= 11 is 1.55. The average molecular weight is 258 g/mol. The van der Waals surface area contributed by atoms with Crippen LogP contribution in [0.5, 0.6) is 0 Å². The number of fused-ring (bicyclic) bond motifs is 1. The summed E-state index contributed by atoms with van der Waals surface area (Å²) in [4.78, 5) is 17.4. The van der Waals surface area contributed by atoms with Crippen LogP contribution in [0.3, 0.4) is 0 Å². The summed E-state index contributed by atoms with van der Waals surface area (Å²) in [5.41, 5.74) is 4.02. The van der Waals surface area contributed by atoms with Crippen LogP contribution in [0.15, 0.2) is 36.0 Å². The number of nitrogens with zero attached hydrogens (tertiary/aromatic N) is 1. The first-order valence-electron chi connectivity index (χ1n) is 6.07. The summed E-state index contributed by atoms with van der Waals surface area (Å²) in [7, 11) is 0. The van der Waals surface area contributed by atoms with E-state index >= 15 is 0 Å². The Morgan fingerprint density at radius 2 is 2.33 bits per heavy atom. The van der Waals surface area contributed by atoms with Gasteiger partial charge in [-0.3, -0.25) is 9.78 Å². The summed E-state index contributed by atoms with van der Waals surface area (Å²) < 4.78 is 0. The third-order valence-corrected chi connectivity index (χ3v) is 4.08. The smallest absolute Gasteiger partial charge is 0.145 e. The average Bonchev–Trinajstić information content (AvgIpc) is 2.91. The van der Waals surface area contributed by atoms with Crippen LogP contribution in [-0.2, 0) is 11.2 Å². The fourth-order valence-corrected chi connectivity index (χ4v) is 3.03. The SMILES string of the molecule is O=C(Cc1cncs1)C1CCNc2ccccc21. The van der Waals surface area contributed by atoms with Gasteiger partial charge in [-0.2, -0.15) is 0 Å². The van der Waals surface area contributed by atoms with Gasteiger partial charge in [0.25, 0.3) is 0 Å². The predicted octanol–water partition coefficient (Wildman–Crippen LogP) is 2.85. The van der Waals surface area contributed by atoms with E-state index in [0.29, 0.717) is 12.2 Å². The molecule has 0 saturated heterocycles. The van der Waals surface area contributed by atoms with Crippen molar-refractivity contribution in [2.75, 3.05) is 11.9 Å². The lowest BCUT2D eigenvalue weighted by molar-refractivity contribution is -0.119. The molecule has 1 atom stereocenters. The summed E-state index contributed by atoms with van der Waals surface area (Å²) in [6.45, 7) is 0.871. The fraction of sp³-hybridized carbons (Fsp3) is 0.286. The van der Waals surface area contributed by atoms with Crippen molar-refractivity contribution in [1.82, 2.24) is 4.98 Å². The van der Waals surface area contributed by atoms with Crippen LogP contribution in [0, 0.1) is 0 Å². The lowest BCUT2D eigenvalue weighted by Gasteiger charge is -2.25. The van der Waals surface area contributed by atoms with Crippen molar-refractivity contribution in [2.45, 2.75) is 18.8 Å². The standard InChI is InChI=1S/C14H14N2OS/c17-14(7-10-8-15-9-18-10)12-5-6-16-13-4-2-1-3-11(12)13/h1-4,8-9,12,16H,5-7H2. The monoisotopic (exact) mass is 258 g/mol. The molecule has 1 aliphatic rings. The Labute approximate surface area is 110 Å². The summed E-state index contributed by atoms with van der Waals surface area (Å²) in [5.74, 6) is 0.331. The van der Waals surface area contributed by atoms with Gasteiger partial charge in [0.05, 0.1) is 5.51 Å². The highest BCUT2D eigenvalue weighted by molar-refractivity contribution is 7.09. The molecule has 0 aliphatic carbocycles. The minimum absolute atomic E-state index is 0.0320. The summed E-state index contributed by atoms with van der Waals surface area (Å²) in [6, 6.07) is 8.10. The van der Waals surface area contributed by atoms with Crippen LogP contribution in [0.4, 0.5) is 5.69 Å². The molecule has 2 heterocycles. The molecule has 4 heteroatoms. The first-order valence-corrected chi connectivity index (χ1v) is 6.95. The van der Waals surface area contributed by atoms with Crippen molar-refractivity contribution in [3.63, 3.8) is 0 Å². The maximum atomic E-state index is 12.4. The van der Waals surface area contributed by atoms with Gasteiger partial charge in [-0.05, 0) is 18.1 Å². The highest BCUT2D eigenvalue weighted by atomic mass is 32.1. The van der Waals surface area contributed by atoms with Gasteiger partial charge in [-0.15, -0.1) is 11.3 Å². The minimum Gasteiger partial charge on any atom is -0.385 e. The van der Waals surface area contributed by atoms with Crippen molar-refractivity contribution >= 4 is 22.8 Å². The minimum atomic E-state index is 0.0320. The molecule has 1 aliphatic heterocycles. The number of carbonyl (C=O) groups is 1. The number of ketones is 1. The number of hydrogen-bond acceptors (Lipinski definition) is 4. The van der Waals surface area contributed by atoms with Crippen LogP contribution in [0.25, 0.3) is 0 Å². The molecule has 0 fully saturated rings. The van der Waals surface area contributed by atoms with E-state index in [-0.39, 0.29) is 5.92 Å². The van der Waals surface area contributed by atoms with E-state index in [9.17, 15) is 4.79 Å². The van der Waals surface area contributed by atoms with Crippen molar-refractivity contribution in [2.24, 2.45) is 0 Å². The van der Waals surface area contributed by atoms with Crippen molar-refractivity contribution < 1.29 is 4.79 Å². The molecule has 0 radical (unpaired) electrons. The van der Waals surface area contributed by atoms with Gasteiger partial charge in [0, 0.05) is 35.6 Å². The Balaban J connectivity index is 1.83. The molecule has 0 spiro atoms. The van der Waals surface area contributed by atoms with Gasteiger partial charge in [-0.1, -0.05) is 18.2 Å². The lowest BCUT2D eigenvalue weighted by atomic mass is 9.86. The Kier molecular flexibility index (Phi) is 3.11. The largest absolute Gasteiger partial charge is 0.385 e. The van der Waals surface area contributed by atoms with Gasteiger partial charge in [0.15, 0.2) is 0 Å². The molecule has 1 aromatic carbocycles. The number of hydrogen-bond donors (Lipinski definition) is 1. The number of thiazole rings is 1. The number of anilines is 1. The van der Waals surface area contributed by atoms with Crippen LogP contribution < -0.4 is 5.32 Å². The van der Waals surface area contributed by atoms with Crippen molar-refractivity contribution in [3.05, 3.63) is 46.4 Å². The lowest BCUT2D eigenvalue weighted by Crippen LogP contribution is -2.23. The van der Waals surface area contributed by atoms with Crippen molar-refractivity contribution in [3.8, 4) is 0 Å². The molecule has 3 rings (SSSR count). The second kappa shape index (κ2) is 4.90. The quantitative estimate of drug-likeness (QED) is 0.920. The number of carbonyl (C=O) groups excluding carboxylic acids is 1. The highest BCUT2D eigenvalue weighted by Gasteiger charge is 2.26. The molecule has 0 saturated carbocycles. The van der Waals surface area contributed by atoms with Gasteiger partial charge in [0.2, 0.25) is 0 Å². The number of nitrogens with one attached hydrogen (secondary N) is 1. The second-order valence-electron chi connectivity index (χ2n) is 4.47. The molecule has 18 heavy (non-hydrogen) atoms. The third-order valence-electron chi connectivity index (χ3n) is 3.31. The maximum absolute atomic E-state index is 12.4. The fourth-order valence-electron chi connectivity index (χ4n) is 2.43. The van der Waals surface area contributed by atoms with Crippen LogP contribution >= 0.6 is 11.3 Å². The molecule has 3 nitrogen and oxygen atoms in total. The van der Waals surface area contributed by atoms with E-state index in [2.05, 4.69) is 16.4 Å². The van der Waals surface area contributed by atoms with E-state index in [0.717, 1.165) is 29.1 Å². The molecule has 1 unspecified atom stereocenters. The first kappa shape index (κ1) is 11.4. The second-order valence-corrected chi connectivity index (χ2v) is 5.44. The zero-order valence-corrected chi connectivity index (χ0v) is 10.7. The Morgan fingerprint density at radius 1 is 1.44 bits per heavy atom. The Bertz CT molecular complexity index is 551. The van der Waals surface area contributed by atoms with E-state index in [4.69, 9.17) is 0 Å². The predicted molar refractivity (Wildman–Crippen MR) is 73.1 cm³/mol. The third kappa shape index (κ3) is 2.16. The van der Waals surface area contributed by atoms with E-state index in [1.54, 1.807) is 23.0 Å². The number of benzene rings is 1. The highest BCUT2D eigenvalue weighted by Crippen LogP contribution is 2.32. The normalized spacial score (nSPS) is 17.9. The maximum Gasteiger partial charge on any atom is 0.145 e. The molecular formula is C14H14N2OS. The molecule has 1 N–H and O–H groups in total. The van der Waals surface area contributed by atoms with Gasteiger partial charge < -0.3 is 5.32 Å². The van der Waals surface area contributed by atoms with Gasteiger partial charge in [0.1, 0.15) is 5.78 Å².